The van der Waals surface area contributed by atoms with E-state index in [4.69, 9.17) is 11.6 Å². The topological polar surface area (TPSA) is 64.0 Å². The fourth-order valence-electron chi connectivity index (χ4n) is 2.51. The molecule has 5 nitrogen and oxygen atoms in total. The Labute approximate surface area is 172 Å². The largest absolute Gasteiger partial charge is 0.325 e. The zero-order valence-electron chi connectivity index (χ0n) is 15.8. The van der Waals surface area contributed by atoms with E-state index in [1.807, 2.05) is 32.0 Å². The maximum Gasteiger partial charge on any atom is 0.271 e. The summed E-state index contributed by atoms with van der Waals surface area (Å²) in [6, 6.07) is 15.8. The summed E-state index contributed by atoms with van der Waals surface area (Å²) >= 11 is 7.15. The number of benzene rings is 2. The summed E-state index contributed by atoms with van der Waals surface area (Å²) < 4.78 is 1.36. The van der Waals surface area contributed by atoms with E-state index in [0.717, 1.165) is 11.1 Å². The normalized spacial score (nSPS) is 11.9. The Morgan fingerprint density at radius 1 is 1.07 bits per heavy atom. The number of carbonyl (C=O) groups excluding carboxylic acids is 1. The van der Waals surface area contributed by atoms with E-state index < -0.39 is 5.25 Å². The molecule has 0 fully saturated rings. The SMILES string of the molecule is Cc1ccc(-n2nc(S[C@H](C)C(=O)Nc3ccc(Cl)cc3)ccc2=O)cc1C. The summed E-state index contributed by atoms with van der Waals surface area (Å²) in [6.07, 6.45) is 0. The molecular formula is C21H20ClN3O2S. The summed E-state index contributed by atoms with van der Waals surface area (Å²) in [5.41, 5.74) is 3.39. The van der Waals surface area contributed by atoms with Crippen LogP contribution in [0.5, 0.6) is 0 Å². The molecule has 1 N–H and O–H groups in total. The van der Waals surface area contributed by atoms with Gasteiger partial charge in [0, 0.05) is 16.8 Å². The van der Waals surface area contributed by atoms with Crippen molar-refractivity contribution in [1.82, 2.24) is 9.78 Å². The number of aromatic nitrogens is 2. The molecule has 0 aliphatic heterocycles. The van der Waals surface area contributed by atoms with Gasteiger partial charge in [-0.25, -0.2) is 0 Å². The zero-order valence-corrected chi connectivity index (χ0v) is 17.3. The Morgan fingerprint density at radius 2 is 1.79 bits per heavy atom. The lowest BCUT2D eigenvalue weighted by Gasteiger charge is -2.13. The lowest BCUT2D eigenvalue weighted by molar-refractivity contribution is -0.115. The lowest BCUT2D eigenvalue weighted by atomic mass is 10.1. The van der Waals surface area contributed by atoms with Crippen molar-refractivity contribution in [3.05, 3.63) is 81.1 Å². The second-order valence-electron chi connectivity index (χ2n) is 6.45. The van der Waals surface area contributed by atoms with E-state index in [0.29, 0.717) is 21.4 Å². The van der Waals surface area contributed by atoms with Crippen LogP contribution in [0.3, 0.4) is 0 Å². The molecule has 28 heavy (non-hydrogen) atoms. The minimum atomic E-state index is -0.395. The first-order valence-electron chi connectivity index (χ1n) is 8.74. The number of anilines is 1. The summed E-state index contributed by atoms with van der Waals surface area (Å²) in [6.45, 7) is 5.80. The highest BCUT2D eigenvalue weighted by Crippen LogP contribution is 2.23. The number of thioether (sulfide) groups is 1. The van der Waals surface area contributed by atoms with Gasteiger partial charge in [0.05, 0.1) is 10.9 Å². The van der Waals surface area contributed by atoms with Gasteiger partial charge in [-0.05, 0) is 74.4 Å². The van der Waals surface area contributed by atoms with Gasteiger partial charge >= 0.3 is 0 Å². The standard InChI is InChI=1S/C21H20ClN3O2S/c1-13-4-9-18(12-14(13)2)25-20(26)11-10-19(24-25)28-15(3)21(27)23-17-7-5-16(22)6-8-17/h4-12,15H,1-3H3,(H,23,27)/t15-/m1/s1. The van der Waals surface area contributed by atoms with E-state index in [2.05, 4.69) is 10.4 Å². The minimum Gasteiger partial charge on any atom is -0.325 e. The summed E-state index contributed by atoms with van der Waals surface area (Å²) in [5, 5.41) is 8.08. The maximum atomic E-state index is 12.4. The number of nitrogens with zero attached hydrogens (tertiary/aromatic N) is 2. The van der Waals surface area contributed by atoms with Crippen molar-refractivity contribution in [2.75, 3.05) is 5.32 Å². The van der Waals surface area contributed by atoms with Crippen LogP contribution in [-0.2, 0) is 4.79 Å². The monoisotopic (exact) mass is 413 g/mol. The molecule has 7 heteroatoms. The van der Waals surface area contributed by atoms with Gasteiger partial charge in [-0.3, -0.25) is 9.59 Å². The van der Waals surface area contributed by atoms with E-state index >= 15 is 0 Å². The molecule has 0 saturated heterocycles. The summed E-state index contributed by atoms with van der Waals surface area (Å²) in [7, 11) is 0. The van der Waals surface area contributed by atoms with Gasteiger partial charge in [-0.2, -0.15) is 9.78 Å². The quantitative estimate of drug-likeness (QED) is 0.620. The lowest BCUT2D eigenvalue weighted by Crippen LogP contribution is -2.24. The van der Waals surface area contributed by atoms with Crippen molar-refractivity contribution in [2.24, 2.45) is 0 Å². The third-order valence-corrected chi connectivity index (χ3v) is 5.57. The predicted octanol–water partition coefficient (Wildman–Crippen LogP) is 4.62. The number of nitrogens with one attached hydrogen (secondary N) is 1. The van der Waals surface area contributed by atoms with Crippen LogP contribution in [0.15, 0.2) is 64.4 Å². The molecule has 3 rings (SSSR count). The first kappa shape index (κ1) is 20.2. The van der Waals surface area contributed by atoms with Crippen molar-refractivity contribution < 1.29 is 4.79 Å². The number of rotatable bonds is 5. The minimum absolute atomic E-state index is 0.155. The molecule has 0 radical (unpaired) electrons. The molecule has 0 aliphatic rings. The third-order valence-electron chi connectivity index (χ3n) is 4.29. The second-order valence-corrected chi connectivity index (χ2v) is 8.24. The van der Waals surface area contributed by atoms with Crippen molar-refractivity contribution >= 4 is 35.0 Å². The van der Waals surface area contributed by atoms with Crippen molar-refractivity contribution in [3.63, 3.8) is 0 Å². The highest BCUT2D eigenvalue weighted by atomic mass is 35.5. The molecular weight excluding hydrogens is 394 g/mol. The van der Waals surface area contributed by atoms with E-state index in [9.17, 15) is 9.59 Å². The van der Waals surface area contributed by atoms with Crippen LogP contribution in [0.25, 0.3) is 5.69 Å². The van der Waals surface area contributed by atoms with Crippen LogP contribution in [-0.4, -0.2) is 20.9 Å². The van der Waals surface area contributed by atoms with Gasteiger partial charge in [-0.1, -0.05) is 29.4 Å². The van der Waals surface area contributed by atoms with Gasteiger partial charge in [0.2, 0.25) is 5.91 Å². The van der Waals surface area contributed by atoms with E-state index in [1.165, 1.54) is 22.5 Å². The van der Waals surface area contributed by atoms with E-state index in [1.54, 1.807) is 37.3 Å². The Balaban J connectivity index is 1.76. The molecule has 1 atom stereocenters. The number of hydrogen-bond acceptors (Lipinski definition) is 4. The Kier molecular flexibility index (Phi) is 6.21. The van der Waals surface area contributed by atoms with Gasteiger partial charge in [0.25, 0.3) is 5.56 Å². The molecule has 0 unspecified atom stereocenters. The number of halogens is 1. The fraction of sp³-hybridized carbons (Fsp3) is 0.190. The summed E-state index contributed by atoms with van der Waals surface area (Å²) in [5.74, 6) is -0.155. The summed E-state index contributed by atoms with van der Waals surface area (Å²) in [4.78, 5) is 24.7. The van der Waals surface area contributed by atoms with Gasteiger partial charge in [0.15, 0.2) is 0 Å². The maximum absolute atomic E-state index is 12.4. The number of aryl methyl sites for hydroxylation is 2. The molecule has 0 spiro atoms. The van der Waals surface area contributed by atoms with E-state index in [-0.39, 0.29) is 11.5 Å². The smallest absolute Gasteiger partial charge is 0.271 e. The second kappa shape index (κ2) is 8.63. The Bertz CT molecular complexity index is 1060. The molecule has 1 heterocycles. The van der Waals surface area contributed by atoms with Gasteiger partial charge in [0.1, 0.15) is 5.03 Å². The van der Waals surface area contributed by atoms with Gasteiger partial charge < -0.3 is 5.32 Å². The van der Waals surface area contributed by atoms with Crippen LogP contribution >= 0.6 is 23.4 Å². The highest BCUT2D eigenvalue weighted by Gasteiger charge is 2.16. The molecule has 2 aromatic carbocycles. The number of carbonyl (C=O) groups is 1. The van der Waals surface area contributed by atoms with Crippen LogP contribution in [0, 0.1) is 13.8 Å². The predicted molar refractivity (Wildman–Crippen MR) is 115 cm³/mol. The Hall–Kier alpha value is -2.57. The highest BCUT2D eigenvalue weighted by molar-refractivity contribution is 8.00. The molecule has 1 amide bonds. The van der Waals surface area contributed by atoms with Gasteiger partial charge in [-0.15, -0.1) is 0 Å². The molecule has 0 saturated carbocycles. The molecule has 1 aromatic heterocycles. The number of amides is 1. The van der Waals surface area contributed by atoms with Crippen LogP contribution in [0.2, 0.25) is 5.02 Å². The molecule has 3 aromatic rings. The first-order chi connectivity index (χ1) is 13.3. The fourth-order valence-corrected chi connectivity index (χ4v) is 3.44. The zero-order chi connectivity index (χ0) is 20.3. The average Bonchev–Trinajstić information content (AvgIpc) is 2.67. The van der Waals surface area contributed by atoms with Crippen molar-refractivity contribution in [3.8, 4) is 5.69 Å². The molecule has 0 aliphatic carbocycles. The average molecular weight is 414 g/mol. The molecule has 0 bridgehead atoms. The van der Waals surface area contributed by atoms with Crippen molar-refractivity contribution in [2.45, 2.75) is 31.0 Å². The van der Waals surface area contributed by atoms with Crippen molar-refractivity contribution in [1.29, 1.82) is 0 Å². The van der Waals surface area contributed by atoms with Crippen LogP contribution in [0.1, 0.15) is 18.1 Å². The number of hydrogen-bond donors (Lipinski definition) is 1. The van der Waals surface area contributed by atoms with Crippen LogP contribution < -0.4 is 10.9 Å². The first-order valence-corrected chi connectivity index (χ1v) is 10.0. The third kappa shape index (κ3) is 4.82. The Morgan fingerprint density at radius 3 is 2.46 bits per heavy atom. The molecule has 144 valence electrons. The van der Waals surface area contributed by atoms with Crippen LogP contribution in [0.4, 0.5) is 5.69 Å².